The van der Waals surface area contributed by atoms with E-state index < -0.39 is 8.32 Å². The molecule has 5 heteroatoms. The van der Waals surface area contributed by atoms with Gasteiger partial charge in [-0.3, -0.25) is 4.79 Å². The van der Waals surface area contributed by atoms with Crippen LogP contribution in [0.4, 0.5) is 0 Å². The van der Waals surface area contributed by atoms with Gasteiger partial charge in [-0.05, 0) is 46.8 Å². The summed E-state index contributed by atoms with van der Waals surface area (Å²) >= 11 is 0. The Morgan fingerprint density at radius 2 is 1.65 bits per heavy atom. The molecule has 4 nitrogen and oxygen atoms in total. The maximum Gasteiger partial charge on any atom is 0.302 e. The fourth-order valence-electron chi connectivity index (χ4n) is 4.64. The van der Waals surface area contributed by atoms with Gasteiger partial charge in [-0.25, -0.2) is 0 Å². The summed E-state index contributed by atoms with van der Waals surface area (Å²) in [6, 6.07) is 21.5. The second-order valence-electron chi connectivity index (χ2n) is 8.79. The van der Waals surface area contributed by atoms with Gasteiger partial charge >= 0.3 is 5.97 Å². The van der Waals surface area contributed by atoms with Gasteiger partial charge in [0.1, 0.15) is 0 Å². The number of allylic oxidation sites excluding steroid dienone is 1. The van der Waals surface area contributed by atoms with E-state index in [1.807, 2.05) is 0 Å². The molecule has 0 aliphatic carbocycles. The van der Waals surface area contributed by atoms with Crippen molar-refractivity contribution in [2.45, 2.75) is 58.5 Å². The number of ether oxygens (including phenoxy) is 2. The molecular formula is C29H38O4Si. The van der Waals surface area contributed by atoms with Crippen LogP contribution in [0, 0.1) is 0 Å². The topological polar surface area (TPSA) is 44.8 Å². The Morgan fingerprint density at radius 3 is 2.21 bits per heavy atom. The number of hydrogen-bond donors (Lipinski definition) is 0. The van der Waals surface area contributed by atoms with Crippen molar-refractivity contribution in [2.75, 3.05) is 20.3 Å². The van der Waals surface area contributed by atoms with E-state index in [0.29, 0.717) is 13.2 Å². The largest absolute Gasteiger partial charge is 0.466 e. The van der Waals surface area contributed by atoms with Crippen molar-refractivity contribution in [1.82, 2.24) is 0 Å². The van der Waals surface area contributed by atoms with Gasteiger partial charge in [0.15, 0.2) is 0 Å². The Hall–Kier alpha value is -2.47. The van der Waals surface area contributed by atoms with Gasteiger partial charge in [-0.15, -0.1) is 0 Å². The lowest BCUT2D eigenvalue weighted by Crippen LogP contribution is -2.65. The lowest BCUT2D eigenvalue weighted by Gasteiger charge is -2.42. The molecule has 2 aromatic rings. The van der Waals surface area contributed by atoms with Crippen LogP contribution in [0.3, 0.4) is 0 Å². The van der Waals surface area contributed by atoms with E-state index in [1.165, 1.54) is 28.1 Å². The van der Waals surface area contributed by atoms with Gasteiger partial charge in [0.2, 0.25) is 0 Å². The number of carbonyl (C=O) groups excluding carboxylic acids is 1. The minimum atomic E-state index is -2.74. The monoisotopic (exact) mass is 478 g/mol. The van der Waals surface area contributed by atoms with Crippen LogP contribution in [-0.4, -0.2) is 40.7 Å². The zero-order valence-corrected chi connectivity index (χ0v) is 21.8. The fourth-order valence-corrected chi connectivity index (χ4v) is 8.99. The average molecular weight is 479 g/mol. The molecule has 0 radical (unpaired) electrons. The van der Waals surface area contributed by atoms with E-state index in [1.54, 1.807) is 7.11 Å². The number of hydrogen-bond acceptors (Lipinski definition) is 4. The molecule has 34 heavy (non-hydrogen) atoms. The zero-order chi connectivity index (χ0) is 24.2. The first-order valence-electron chi connectivity index (χ1n) is 12.4. The highest BCUT2D eigenvalue weighted by Crippen LogP contribution is 2.33. The molecule has 1 heterocycles. The zero-order valence-electron chi connectivity index (χ0n) is 20.8. The highest BCUT2D eigenvalue weighted by molar-refractivity contribution is 7.03. The normalized spacial score (nSPS) is 18.5. The summed E-state index contributed by atoms with van der Waals surface area (Å²) in [5, 5.41) is 3.80. The maximum absolute atomic E-state index is 11.1. The van der Waals surface area contributed by atoms with Crippen LogP contribution < -0.4 is 10.4 Å². The number of benzene rings is 2. The summed E-state index contributed by atoms with van der Waals surface area (Å²) in [4.78, 5) is 11.1. The predicted molar refractivity (Wildman–Crippen MR) is 141 cm³/mol. The summed E-state index contributed by atoms with van der Waals surface area (Å²) in [5.74, 6) is -0.220. The molecule has 0 amide bonds. The highest BCUT2D eigenvalue weighted by Gasteiger charge is 2.48. The summed E-state index contributed by atoms with van der Waals surface area (Å²) in [6.07, 6.45) is 10.7. The van der Waals surface area contributed by atoms with Crippen LogP contribution in [0.5, 0.6) is 0 Å². The third-order valence-electron chi connectivity index (χ3n) is 6.20. The molecule has 1 atom stereocenters. The molecule has 0 spiro atoms. The van der Waals surface area contributed by atoms with Crippen molar-refractivity contribution in [3.8, 4) is 0 Å². The molecule has 1 aliphatic rings. The molecule has 0 saturated carbocycles. The molecule has 2 aromatic carbocycles. The molecule has 0 aromatic heterocycles. The molecular weight excluding hydrogens is 440 g/mol. The van der Waals surface area contributed by atoms with Gasteiger partial charge in [-0.2, -0.15) is 0 Å². The lowest BCUT2D eigenvalue weighted by atomic mass is 10.1. The fraction of sp³-hybridized carbons (Fsp3) is 0.414. The SMILES string of the molecule is CCCCC1C=C(COC)/C(=C\CCCCOC(C)=O)[Si](c2ccccc2)(c2ccccc2)O1. The van der Waals surface area contributed by atoms with Crippen LogP contribution in [0.25, 0.3) is 0 Å². The Labute approximate surface area is 205 Å². The molecule has 0 N–H and O–H groups in total. The van der Waals surface area contributed by atoms with Gasteiger partial charge in [0, 0.05) is 14.0 Å². The number of methoxy groups -OCH3 is 1. The summed E-state index contributed by atoms with van der Waals surface area (Å²) in [6.45, 7) is 4.72. The van der Waals surface area contributed by atoms with Crippen LogP contribution in [0.2, 0.25) is 0 Å². The van der Waals surface area contributed by atoms with Crippen molar-refractivity contribution < 1.29 is 18.7 Å². The quantitative estimate of drug-likeness (QED) is 0.242. The van der Waals surface area contributed by atoms with Crippen molar-refractivity contribution in [1.29, 1.82) is 0 Å². The summed E-state index contributed by atoms with van der Waals surface area (Å²) in [5.41, 5.74) is 1.24. The lowest BCUT2D eigenvalue weighted by molar-refractivity contribution is -0.141. The highest BCUT2D eigenvalue weighted by atomic mass is 28.4. The van der Waals surface area contributed by atoms with Crippen LogP contribution >= 0.6 is 0 Å². The maximum atomic E-state index is 11.1. The van der Waals surface area contributed by atoms with Crippen molar-refractivity contribution in [2.24, 2.45) is 0 Å². The summed E-state index contributed by atoms with van der Waals surface area (Å²) < 4.78 is 18.0. The van der Waals surface area contributed by atoms with Crippen molar-refractivity contribution in [3.63, 3.8) is 0 Å². The van der Waals surface area contributed by atoms with E-state index in [9.17, 15) is 4.79 Å². The second kappa shape index (κ2) is 13.4. The van der Waals surface area contributed by atoms with Gasteiger partial charge < -0.3 is 13.9 Å². The predicted octanol–water partition coefficient (Wildman–Crippen LogP) is 5.11. The first-order valence-corrected chi connectivity index (χ1v) is 14.4. The molecule has 3 rings (SSSR count). The van der Waals surface area contributed by atoms with E-state index in [2.05, 4.69) is 79.7 Å². The standard InChI is InChI=1S/C29H38O4Si/c1-4-5-15-26-22-25(23-31-3)29(20-13-8-14-21-32-24(2)30)34(33-26,27-16-9-6-10-17-27)28-18-11-7-12-19-28/h6-7,9-12,16-20,22,26H,4-5,8,13-15,21,23H2,1-3H3/b29-20+. The van der Waals surface area contributed by atoms with E-state index >= 15 is 0 Å². The minimum absolute atomic E-state index is 0.0679. The third kappa shape index (κ3) is 6.56. The van der Waals surface area contributed by atoms with E-state index in [-0.39, 0.29) is 12.1 Å². The Kier molecular flexibility index (Phi) is 10.3. The first kappa shape index (κ1) is 26.1. The smallest absolute Gasteiger partial charge is 0.302 e. The Morgan fingerprint density at radius 1 is 1.00 bits per heavy atom. The number of rotatable bonds is 12. The second-order valence-corrected chi connectivity index (χ2v) is 12.1. The van der Waals surface area contributed by atoms with E-state index in [4.69, 9.17) is 13.9 Å². The van der Waals surface area contributed by atoms with Gasteiger partial charge in [-0.1, -0.05) is 92.6 Å². The summed E-state index contributed by atoms with van der Waals surface area (Å²) in [7, 11) is -0.970. The van der Waals surface area contributed by atoms with E-state index in [0.717, 1.165) is 38.5 Å². The van der Waals surface area contributed by atoms with Gasteiger partial charge in [0.25, 0.3) is 8.32 Å². The van der Waals surface area contributed by atoms with Crippen LogP contribution in [0.1, 0.15) is 52.4 Å². The average Bonchev–Trinajstić information content (AvgIpc) is 2.86. The van der Waals surface area contributed by atoms with Crippen molar-refractivity contribution in [3.05, 3.63) is 83.6 Å². The molecule has 1 unspecified atom stereocenters. The minimum Gasteiger partial charge on any atom is -0.466 e. The number of carbonyl (C=O) groups is 1. The van der Waals surface area contributed by atoms with Crippen LogP contribution in [-0.2, 0) is 18.7 Å². The number of unbranched alkanes of at least 4 members (excludes halogenated alkanes) is 3. The van der Waals surface area contributed by atoms with Gasteiger partial charge in [0.05, 0.1) is 19.3 Å². The number of esters is 1. The molecule has 1 aliphatic heterocycles. The third-order valence-corrected chi connectivity index (χ3v) is 10.4. The Bertz CT molecular complexity index is 913. The molecule has 182 valence electrons. The van der Waals surface area contributed by atoms with Crippen LogP contribution in [0.15, 0.2) is 83.6 Å². The first-order chi connectivity index (χ1) is 16.6. The van der Waals surface area contributed by atoms with Crippen molar-refractivity contribution >= 4 is 24.7 Å². The molecule has 0 fully saturated rings. The Balaban J connectivity index is 2.07. The molecule has 0 bridgehead atoms. The molecule has 0 saturated heterocycles.